The zero-order valence-corrected chi connectivity index (χ0v) is 19.0. The first-order chi connectivity index (χ1) is 15.3. The summed E-state index contributed by atoms with van der Waals surface area (Å²) < 4.78 is 36.4. The molecule has 0 saturated heterocycles. The van der Waals surface area contributed by atoms with Gasteiger partial charge in [0.15, 0.2) is 11.6 Å². The Balaban J connectivity index is 1.64. The standard InChI is InChI=1S/C22H20ClN5O3S/c1-27-8-9-31-19-10-14(12-25-21(19)27)17-13-28(2)22-20(17)18(6-7-24-22)26-32(29,30)16-5-3-4-15(23)11-16/h3-7,10-13H,8-9H2,1-2H3,(H,24,26). The molecular formula is C22H20ClN5O3S. The second-order valence-electron chi connectivity index (χ2n) is 7.59. The Bertz CT molecular complexity index is 1450. The van der Waals surface area contributed by atoms with E-state index in [0.717, 1.165) is 23.5 Å². The Morgan fingerprint density at radius 1 is 1.16 bits per heavy atom. The average molecular weight is 470 g/mol. The van der Waals surface area contributed by atoms with Gasteiger partial charge < -0.3 is 14.2 Å². The monoisotopic (exact) mass is 469 g/mol. The molecule has 5 rings (SSSR count). The molecule has 0 bridgehead atoms. The predicted molar refractivity (Wildman–Crippen MR) is 125 cm³/mol. The van der Waals surface area contributed by atoms with Crippen LogP contribution in [0.15, 0.2) is 59.9 Å². The second-order valence-corrected chi connectivity index (χ2v) is 9.71. The van der Waals surface area contributed by atoms with E-state index >= 15 is 0 Å². The van der Waals surface area contributed by atoms with Crippen LogP contribution in [0.3, 0.4) is 0 Å². The molecule has 0 spiro atoms. The Morgan fingerprint density at radius 3 is 2.81 bits per heavy atom. The van der Waals surface area contributed by atoms with Crippen LogP contribution < -0.4 is 14.4 Å². The zero-order chi connectivity index (χ0) is 22.5. The van der Waals surface area contributed by atoms with Gasteiger partial charge in [-0.15, -0.1) is 0 Å². The van der Waals surface area contributed by atoms with Crippen LogP contribution in [0.25, 0.3) is 22.2 Å². The fourth-order valence-electron chi connectivity index (χ4n) is 3.82. The number of pyridine rings is 2. The zero-order valence-electron chi connectivity index (χ0n) is 17.4. The van der Waals surface area contributed by atoms with Gasteiger partial charge in [0.2, 0.25) is 0 Å². The Labute approximate surface area is 190 Å². The molecule has 0 atom stereocenters. The lowest BCUT2D eigenvalue weighted by Crippen LogP contribution is -2.29. The van der Waals surface area contributed by atoms with Crippen molar-refractivity contribution in [3.63, 3.8) is 0 Å². The molecule has 1 aliphatic rings. The molecule has 10 heteroatoms. The number of benzene rings is 1. The minimum atomic E-state index is -3.86. The van der Waals surface area contributed by atoms with E-state index in [1.807, 2.05) is 35.8 Å². The highest BCUT2D eigenvalue weighted by Gasteiger charge is 2.22. The summed E-state index contributed by atoms with van der Waals surface area (Å²) in [6.07, 6.45) is 5.25. The van der Waals surface area contributed by atoms with E-state index in [4.69, 9.17) is 16.3 Å². The number of fused-ring (bicyclic) bond motifs is 2. The lowest BCUT2D eigenvalue weighted by Gasteiger charge is -2.26. The lowest BCUT2D eigenvalue weighted by atomic mass is 10.1. The first-order valence-electron chi connectivity index (χ1n) is 9.90. The summed E-state index contributed by atoms with van der Waals surface area (Å²) in [7, 11) is -0.0210. The summed E-state index contributed by atoms with van der Waals surface area (Å²) in [5.41, 5.74) is 2.66. The molecule has 0 unspecified atom stereocenters. The fourth-order valence-corrected chi connectivity index (χ4v) is 5.19. The SMILES string of the molecule is CN1CCOc2cc(-c3cn(C)c4nccc(NS(=O)(=O)c5cccc(Cl)c5)c34)cnc21. The van der Waals surface area contributed by atoms with E-state index in [1.165, 1.54) is 12.1 Å². The minimum Gasteiger partial charge on any atom is -0.488 e. The smallest absolute Gasteiger partial charge is 0.261 e. The van der Waals surface area contributed by atoms with Crippen LogP contribution in [0.5, 0.6) is 5.75 Å². The molecule has 8 nitrogen and oxygen atoms in total. The van der Waals surface area contributed by atoms with Crippen molar-refractivity contribution in [1.82, 2.24) is 14.5 Å². The quantitative estimate of drug-likeness (QED) is 0.487. The first-order valence-corrected chi connectivity index (χ1v) is 11.8. The van der Waals surface area contributed by atoms with Gasteiger partial charge in [-0.2, -0.15) is 0 Å². The summed E-state index contributed by atoms with van der Waals surface area (Å²) in [6, 6.07) is 9.71. The number of halogens is 1. The van der Waals surface area contributed by atoms with Crippen LogP contribution >= 0.6 is 11.6 Å². The highest BCUT2D eigenvalue weighted by atomic mass is 35.5. The van der Waals surface area contributed by atoms with E-state index in [-0.39, 0.29) is 4.90 Å². The molecule has 0 saturated carbocycles. The van der Waals surface area contributed by atoms with Gasteiger partial charge in [0.05, 0.1) is 22.5 Å². The molecule has 32 heavy (non-hydrogen) atoms. The van der Waals surface area contributed by atoms with Gasteiger partial charge in [0.1, 0.15) is 12.3 Å². The number of anilines is 2. The molecule has 1 aromatic carbocycles. The number of aryl methyl sites for hydroxylation is 1. The Hall–Kier alpha value is -3.30. The number of hydrogen-bond acceptors (Lipinski definition) is 6. The molecule has 0 amide bonds. The summed E-state index contributed by atoms with van der Waals surface area (Å²) in [6.45, 7) is 1.35. The van der Waals surface area contributed by atoms with Crippen LogP contribution in [0.2, 0.25) is 5.02 Å². The van der Waals surface area contributed by atoms with Crippen molar-refractivity contribution in [3.8, 4) is 16.9 Å². The highest BCUT2D eigenvalue weighted by Crippen LogP contribution is 2.38. The van der Waals surface area contributed by atoms with Gasteiger partial charge >= 0.3 is 0 Å². The number of aromatic nitrogens is 3. The normalized spacial score (nSPS) is 13.7. The summed E-state index contributed by atoms with van der Waals surface area (Å²) in [5, 5.41) is 1.02. The minimum absolute atomic E-state index is 0.0827. The number of rotatable bonds is 4. The number of ether oxygens (including phenoxy) is 1. The second kappa shape index (κ2) is 7.68. The third kappa shape index (κ3) is 3.53. The van der Waals surface area contributed by atoms with Crippen LogP contribution in [0.4, 0.5) is 11.5 Å². The Kier molecular flexibility index (Phi) is 4.94. The third-order valence-corrected chi connectivity index (χ3v) is 7.00. The van der Waals surface area contributed by atoms with Gasteiger partial charge in [0, 0.05) is 48.8 Å². The molecule has 164 valence electrons. The van der Waals surface area contributed by atoms with E-state index in [0.29, 0.717) is 34.1 Å². The average Bonchev–Trinajstić information content (AvgIpc) is 3.11. The molecule has 1 N–H and O–H groups in total. The van der Waals surface area contributed by atoms with Gasteiger partial charge in [-0.3, -0.25) is 4.72 Å². The van der Waals surface area contributed by atoms with Crippen LogP contribution in [0.1, 0.15) is 0 Å². The Morgan fingerprint density at radius 2 is 2.00 bits per heavy atom. The molecular weight excluding hydrogens is 450 g/mol. The summed E-state index contributed by atoms with van der Waals surface area (Å²) >= 11 is 6.00. The lowest BCUT2D eigenvalue weighted by molar-refractivity contribution is 0.309. The van der Waals surface area contributed by atoms with Gasteiger partial charge in [-0.05, 0) is 30.3 Å². The van der Waals surface area contributed by atoms with Crippen molar-refractivity contribution >= 4 is 44.2 Å². The topological polar surface area (TPSA) is 89.4 Å². The number of nitrogens with zero attached hydrogens (tertiary/aromatic N) is 4. The summed E-state index contributed by atoms with van der Waals surface area (Å²) in [4.78, 5) is 11.1. The number of sulfonamides is 1. The van der Waals surface area contributed by atoms with E-state index in [1.54, 1.807) is 30.6 Å². The fraction of sp³-hybridized carbons (Fsp3) is 0.182. The molecule has 4 aromatic rings. The molecule has 3 aromatic heterocycles. The highest BCUT2D eigenvalue weighted by molar-refractivity contribution is 7.92. The number of hydrogen-bond donors (Lipinski definition) is 1. The molecule has 0 fully saturated rings. The third-order valence-electron chi connectivity index (χ3n) is 5.40. The number of nitrogens with one attached hydrogen (secondary N) is 1. The largest absolute Gasteiger partial charge is 0.488 e. The molecule has 0 aliphatic carbocycles. The molecule has 1 aliphatic heterocycles. The van der Waals surface area contributed by atoms with E-state index < -0.39 is 10.0 Å². The van der Waals surface area contributed by atoms with E-state index in [9.17, 15) is 8.42 Å². The van der Waals surface area contributed by atoms with Gasteiger partial charge in [-0.1, -0.05) is 17.7 Å². The molecule has 4 heterocycles. The van der Waals surface area contributed by atoms with Crippen molar-refractivity contribution in [2.24, 2.45) is 7.05 Å². The predicted octanol–water partition coefficient (Wildman–Crippen LogP) is 3.92. The van der Waals surface area contributed by atoms with Crippen LogP contribution in [0, 0.1) is 0 Å². The van der Waals surface area contributed by atoms with Crippen molar-refractivity contribution in [2.75, 3.05) is 29.8 Å². The van der Waals surface area contributed by atoms with Crippen molar-refractivity contribution in [2.45, 2.75) is 4.90 Å². The van der Waals surface area contributed by atoms with Crippen LogP contribution in [-0.2, 0) is 17.1 Å². The van der Waals surface area contributed by atoms with E-state index in [2.05, 4.69) is 14.7 Å². The van der Waals surface area contributed by atoms with Crippen LogP contribution in [-0.4, -0.2) is 43.2 Å². The molecule has 0 radical (unpaired) electrons. The summed E-state index contributed by atoms with van der Waals surface area (Å²) in [5.74, 6) is 1.47. The number of likely N-dealkylation sites (N-methyl/N-ethyl adjacent to an activating group) is 1. The maximum atomic E-state index is 13.0. The van der Waals surface area contributed by atoms with Crippen molar-refractivity contribution in [1.29, 1.82) is 0 Å². The van der Waals surface area contributed by atoms with Crippen molar-refractivity contribution in [3.05, 3.63) is 60.0 Å². The maximum Gasteiger partial charge on any atom is 0.261 e. The van der Waals surface area contributed by atoms with Gasteiger partial charge in [-0.25, -0.2) is 18.4 Å². The first kappa shape index (κ1) is 20.6. The maximum absolute atomic E-state index is 13.0. The van der Waals surface area contributed by atoms with Crippen molar-refractivity contribution < 1.29 is 13.2 Å². The van der Waals surface area contributed by atoms with Gasteiger partial charge in [0.25, 0.3) is 10.0 Å².